The highest BCUT2D eigenvalue weighted by Gasteiger charge is 2.33. The van der Waals surface area contributed by atoms with Crippen molar-refractivity contribution in [3.63, 3.8) is 0 Å². The van der Waals surface area contributed by atoms with Gasteiger partial charge in [0.25, 0.3) is 5.91 Å². The van der Waals surface area contributed by atoms with Gasteiger partial charge in [-0.25, -0.2) is 0 Å². The van der Waals surface area contributed by atoms with E-state index in [0.717, 1.165) is 16.9 Å². The van der Waals surface area contributed by atoms with Crippen LogP contribution in [0.25, 0.3) is 0 Å². The maximum atomic E-state index is 12.4. The molecule has 0 aliphatic carbocycles. The lowest BCUT2D eigenvalue weighted by molar-refractivity contribution is -0.116. The molecule has 0 unspecified atom stereocenters. The molecular weight excluding hydrogens is 306 g/mol. The van der Waals surface area contributed by atoms with E-state index in [1.165, 1.54) is 0 Å². The second kappa shape index (κ2) is 6.38. The Balaban J connectivity index is 1.78. The summed E-state index contributed by atoms with van der Waals surface area (Å²) in [5.74, 6) is 0.0172. The van der Waals surface area contributed by atoms with Crippen LogP contribution in [0.5, 0.6) is 0 Å². The van der Waals surface area contributed by atoms with Gasteiger partial charge >= 0.3 is 0 Å². The van der Waals surface area contributed by atoms with E-state index in [1.54, 1.807) is 4.90 Å². The number of benzene rings is 2. The number of hydrogen-bond acceptors (Lipinski definition) is 3. The molecule has 1 fully saturated rings. The summed E-state index contributed by atoms with van der Waals surface area (Å²) in [6.45, 7) is 0.973. The van der Waals surface area contributed by atoms with Crippen molar-refractivity contribution in [1.82, 2.24) is 4.90 Å². The van der Waals surface area contributed by atoms with Gasteiger partial charge in [-0.2, -0.15) is 0 Å². The molecule has 1 aliphatic heterocycles. The zero-order valence-electron chi connectivity index (χ0n) is 13.3. The third kappa shape index (κ3) is 3.19. The van der Waals surface area contributed by atoms with Crippen LogP contribution in [0.1, 0.15) is 5.56 Å². The predicted molar refractivity (Wildman–Crippen MR) is 97.7 cm³/mol. The molecule has 1 heterocycles. The average Bonchev–Trinajstić information content (AvgIpc) is 2.82. The van der Waals surface area contributed by atoms with Crippen molar-refractivity contribution in [1.29, 1.82) is 0 Å². The molecule has 3 rings (SSSR count). The van der Waals surface area contributed by atoms with Gasteiger partial charge in [0.05, 0.1) is 5.69 Å². The quantitative estimate of drug-likeness (QED) is 0.808. The van der Waals surface area contributed by atoms with E-state index in [4.69, 9.17) is 12.2 Å². The number of amides is 1. The van der Waals surface area contributed by atoms with Gasteiger partial charge in [-0.1, -0.05) is 30.3 Å². The molecule has 0 N–H and O–H groups in total. The van der Waals surface area contributed by atoms with Gasteiger partial charge in [0, 0.05) is 26.3 Å². The van der Waals surface area contributed by atoms with Gasteiger partial charge in [0.1, 0.15) is 6.54 Å². The molecule has 0 atom stereocenters. The van der Waals surface area contributed by atoms with E-state index >= 15 is 0 Å². The zero-order chi connectivity index (χ0) is 16.4. The standard InChI is InChI=1S/C18H19N3OS/c1-19(2)15-8-10-16(11-9-15)21-17(22)13-20(18(21)23)12-14-6-4-3-5-7-14/h3-11H,12-13H2,1-2H3. The molecule has 0 spiro atoms. The molecular formula is C18H19N3OS. The topological polar surface area (TPSA) is 26.8 Å². The van der Waals surface area contributed by atoms with Gasteiger partial charge in [0.2, 0.25) is 0 Å². The fourth-order valence-corrected chi connectivity index (χ4v) is 2.97. The predicted octanol–water partition coefficient (Wildman–Crippen LogP) is 2.89. The van der Waals surface area contributed by atoms with Crippen molar-refractivity contribution in [2.24, 2.45) is 0 Å². The Morgan fingerprint density at radius 2 is 1.70 bits per heavy atom. The van der Waals surface area contributed by atoms with Crippen LogP contribution in [0.4, 0.5) is 11.4 Å². The molecule has 0 bridgehead atoms. The van der Waals surface area contributed by atoms with Crippen LogP contribution >= 0.6 is 12.2 Å². The lowest BCUT2D eigenvalue weighted by atomic mass is 10.2. The smallest absolute Gasteiger partial charge is 0.252 e. The van der Waals surface area contributed by atoms with Crippen molar-refractivity contribution < 1.29 is 4.79 Å². The third-order valence-electron chi connectivity index (χ3n) is 3.88. The van der Waals surface area contributed by atoms with E-state index in [2.05, 4.69) is 0 Å². The second-order valence-electron chi connectivity index (χ2n) is 5.76. The molecule has 5 heteroatoms. The van der Waals surface area contributed by atoms with Crippen LogP contribution in [0, 0.1) is 0 Å². The molecule has 1 amide bonds. The first-order chi connectivity index (χ1) is 11.1. The summed E-state index contributed by atoms with van der Waals surface area (Å²) in [6.07, 6.45) is 0. The van der Waals surface area contributed by atoms with Crippen molar-refractivity contribution in [2.75, 3.05) is 30.4 Å². The highest BCUT2D eigenvalue weighted by molar-refractivity contribution is 7.80. The van der Waals surface area contributed by atoms with Crippen LogP contribution in [-0.4, -0.2) is 36.6 Å². The van der Waals surface area contributed by atoms with Crippen molar-refractivity contribution >= 4 is 34.6 Å². The number of hydrogen-bond donors (Lipinski definition) is 0. The van der Waals surface area contributed by atoms with Crippen molar-refractivity contribution in [3.8, 4) is 0 Å². The summed E-state index contributed by atoms with van der Waals surface area (Å²) in [6, 6.07) is 17.9. The van der Waals surface area contributed by atoms with Gasteiger partial charge in [-0.3, -0.25) is 9.69 Å². The lowest BCUT2D eigenvalue weighted by Crippen LogP contribution is -2.32. The molecule has 0 saturated carbocycles. The molecule has 4 nitrogen and oxygen atoms in total. The highest BCUT2D eigenvalue weighted by atomic mass is 32.1. The van der Waals surface area contributed by atoms with E-state index in [1.807, 2.05) is 78.5 Å². The molecule has 2 aromatic rings. The Kier molecular flexibility index (Phi) is 4.30. The van der Waals surface area contributed by atoms with Gasteiger partial charge in [0.15, 0.2) is 5.11 Å². The normalized spacial score (nSPS) is 14.5. The van der Waals surface area contributed by atoms with Gasteiger partial charge in [-0.05, 0) is 42.0 Å². The number of thiocarbonyl (C=S) groups is 1. The van der Waals surface area contributed by atoms with E-state index in [9.17, 15) is 4.79 Å². The monoisotopic (exact) mass is 325 g/mol. The summed E-state index contributed by atoms with van der Waals surface area (Å²) in [4.78, 5) is 18.0. The van der Waals surface area contributed by atoms with Crippen LogP contribution in [-0.2, 0) is 11.3 Å². The summed E-state index contributed by atoms with van der Waals surface area (Å²) in [5.41, 5.74) is 3.06. The molecule has 0 radical (unpaired) electrons. The minimum atomic E-state index is 0.0172. The fraction of sp³-hybridized carbons (Fsp3) is 0.222. The molecule has 23 heavy (non-hydrogen) atoms. The average molecular weight is 325 g/mol. The highest BCUT2D eigenvalue weighted by Crippen LogP contribution is 2.25. The third-order valence-corrected chi connectivity index (χ3v) is 4.32. The van der Waals surface area contributed by atoms with Crippen LogP contribution in [0.15, 0.2) is 54.6 Å². The largest absolute Gasteiger partial charge is 0.378 e. The number of carbonyl (C=O) groups excluding carboxylic acids is 1. The second-order valence-corrected chi connectivity index (χ2v) is 6.13. The summed E-state index contributed by atoms with van der Waals surface area (Å²) >= 11 is 5.53. The van der Waals surface area contributed by atoms with Crippen molar-refractivity contribution in [2.45, 2.75) is 6.54 Å². The Labute approximate surface area is 141 Å². The van der Waals surface area contributed by atoms with E-state index < -0.39 is 0 Å². The molecule has 118 valence electrons. The molecule has 1 saturated heterocycles. The first-order valence-corrected chi connectivity index (χ1v) is 7.90. The summed E-state index contributed by atoms with van der Waals surface area (Å²) in [7, 11) is 3.98. The molecule has 0 aromatic heterocycles. The van der Waals surface area contributed by atoms with Crippen molar-refractivity contribution in [3.05, 3.63) is 60.2 Å². The fourth-order valence-electron chi connectivity index (χ4n) is 2.63. The SMILES string of the molecule is CN(C)c1ccc(N2C(=O)CN(Cc3ccccc3)C2=S)cc1. The van der Waals surface area contributed by atoms with Crippen LogP contribution in [0.2, 0.25) is 0 Å². The number of nitrogens with zero attached hydrogens (tertiary/aromatic N) is 3. The maximum absolute atomic E-state index is 12.4. The van der Waals surface area contributed by atoms with Crippen LogP contribution in [0.3, 0.4) is 0 Å². The maximum Gasteiger partial charge on any atom is 0.252 e. The summed E-state index contributed by atoms with van der Waals surface area (Å²) in [5, 5.41) is 0.566. The first kappa shape index (κ1) is 15.5. The zero-order valence-corrected chi connectivity index (χ0v) is 14.1. The Morgan fingerprint density at radius 3 is 2.30 bits per heavy atom. The van der Waals surface area contributed by atoms with Gasteiger partial charge < -0.3 is 9.80 Å². The first-order valence-electron chi connectivity index (χ1n) is 7.49. The Morgan fingerprint density at radius 1 is 1.04 bits per heavy atom. The van der Waals surface area contributed by atoms with Crippen LogP contribution < -0.4 is 9.80 Å². The number of rotatable bonds is 4. The minimum Gasteiger partial charge on any atom is -0.378 e. The molecule has 2 aromatic carbocycles. The van der Waals surface area contributed by atoms with E-state index in [-0.39, 0.29) is 5.91 Å². The van der Waals surface area contributed by atoms with E-state index in [0.29, 0.717) is 18.2 Å². The number of anilines is 2. The Bertz CT molecular complexity index is 713. The Hall–Kier alpha value is -2.40. The summed E-state index contributed by atoms with van der Waals surface area (Å²) < 4.78 is 0. The lowest BCUT2D eigenvalue weighted by Gasteiger charge is -2.21. The molecule has 1 aliphatic rings. The van der Waals surface area contributed by atoms with Gasteiger partial charge in [-0.15, -0.1) is 0 Å². The minimum absolute atomic E-state index is 0.0172. The number of carbonyl (C=O) groups is 1.